The van der Waals surface area contributed by atoms with E-state index in [1.165, 1.54) is 0 Å². The molecule has 1 rings (SSSR count). The Kier molecular flexibility index (Phi) is 3.55. The van der Waals surface area contributed by atoms with Gasteiger partial charge in [0, 0.05) is 23.2 Å². The molecule has 0 saturated heterocycles. The van der Waals surface area contributed by atoms with Gasteiger partial charge in [-0.2, -0.15) is 0 Å². The minimum absolute atomic E-state index is 0.246. The van der Waals surface area contributed by atoms with Crippen molar-refractivity contribution in [2.45, 2.75) is 17.7 Å². The van der Waals surface area contributed by atoms with Gasteiger partial charge < -0.3 is 5.73 Å². The lowest BCUT2D eigenvalue weighted by Crippen LogP contribution is -2.09. The SMILES string of the molecule is Cc1csc(SCCC(=N)N)n1. The van der Waals surface area contributed by atoms with Gasteiger partial charge in [0.25, 0.3) is 0 Å². The van der Waals surface area contributed by atoms with E-state index in [1.807, 2.05) is 12.3 Å². The summed E-state index contributed by atoms with van der Waals surface area (Å²) in [5.74, 6) is 1.10. The minimum atomic E-state index is 0.246. The van der Waals surface area contributed by atoms with E-state index in [0.717, 1.165) is 15.8 Å². The van der Waals surface area contributed by atoms with Crippen LogP contribution in [0.1, 0.15) is 12.1 Å². The summed E-state index contributed by atoms with van der Waals surface area (Å²) in [5, 5.41) is 9.04. The predicted octanol–water partition coefficient (Wildman–Crippen LogP) is 1.87. The van der Waals surface area contributed by atoms with Crippen LogP contribution in [0.2, 0.25) is 0 Å². The smallest absolute Gasteiger partial charge is 0.150 e. The monoisotopic (exact) mass is 201 g/mol. The molecule has 3 N–H and O–H groups in total. The van der Waals surface area contributed by atoms with Gasteiger partial charge in [0.2, 0.25) is 0 Å². The van der Waals surface area contributed by atoms with Crippen LogP contribution < -0.4 is 5.73 Å². The molecule has 5 heteroatoms. The zero-order valence-corrected chi connectivity index (χ0v) is 8.47. The lowest BCUT2D eigenvalue weighted by atomic mass is 10.5. The van der Waals surface area contributed by atoms with E-state index >= 15 is 0 Å². The van der Waals surface area contributed by atoms with Crippen molar-refractivity contribution >= 4 is 28.9 Å². The number of nitrogens with two attached hydrogens (primary N) is 1. The lowest BCUT2D eigenvalue weighted by Gasteiger charge is -1.94. The predicted molar refractivity (Wildman–Crippen MR) is 54.1 cm³/mol. The standard InChI is InChI=1S/C7H11N3S2/c1-5-4-12-7(10-5)11-3-2-6(8)9/h4H,2-3H2,1H3,(H3,8,9). The van der Waals surface area contributed by atoms with Gasteiger partial charge >= 0.3 is 0 Å². The molecule has 0 atom stereocenters. The average molecular weight is 201 g/mol. The van der Waals surface area contributed by atoms with Crippen LogP contribution >= 0.6 is 23.1 Å². The van der Waals surface area contributed by atoms with E-state index in [9.17, 15) is 0 Å². The van der Waals surface area contributed by atoms with Gasteiger partial charge in [-0.05, 0) is 6.92 Å². The first kappa shape index (κ1) is 9.54. The maximum Gasteiger partial charge on any atom is 0.150 e. The van der Waals surface area contributed by atoms with Crippen molar-refractivity contribution < 1.29 is 0 Å². The van der Waals surface area contributed by atoms with Gasteiger partial charge in [-0.15, -0.1) is 11.3 Å². The Morgan fingerprint density at radius 3 is 3.08 bits per heavy atom. The molecule has 66 valence electrons. The van der Waals surface area contributed by atoms with E-state index in [0.29, 0.717) is 6.42 Å². The number of rotatable bonds is 4. The van der Waals surface area contributed by atoms with Crippen LogP contribution in [0, 0.1) is 12.3 Å². The molecule has 0 saturated carbocycles. The van der Waals surface area contributed by atoms with Gasteiger partial charge in [-0.25, -0.2) is 4.98 Å². The lowest BCUT2D eigenvalue weighted by molar-refractivity contribution is 1.15. The number of thiazole rings is 1. The van der Waals surface area contributed by atoms with Crippen LogP contribution in [-0.4, -0.2) is 16.6 Å². The molecule has 0 aliphatic rings. The van der Waals surface area contributed by atoms with Crippen molar-refractivity contribution in [3.8, 4) is 0 Å². The Morgan fingerprint density at radius 2 is 2.58 bits per heavy atom. The van der Waals surface area contributed by atoms with Crippen molar-refractivity contribution in [3.63, 3.8) is 0 Å². The maximum absolute atomic E-state index is 7.01. The van der Waals surface area contributed by atoms with E-state index in [-0.39, 0.29) is 5.84 Å². The first-order chi connectivity index (χ1) is 5.68. The summed E-state index contributed by atoms with van der Waals surface area (Å²) < 4.78 is 1.06. The third-order valence-electron chi connectivity index (χ3n) is 1.19. The van der Waals surface area contributed by atoms with E-state index in [1.54, 1.807) is 23.1 Å². The fourth-order valence-electron chi connectivity index (χ4n) is 0.647. The van der Waals surface area contributed by atoms with Crippen LogP contribution in [0.15, 0.2) is 9.72 Å². The second kappa shape index (κ2) is 4.47. The zero-order chi connectivity index (χ0) is 8.97. The Hall–Kier alpha value is -0.550. The summed E-state index contributed by atoms with van der Waals surface area (Å²) in [6.07, 6.45) is 0.642. The molecule has 0 unspecified atom stereocenters. The van der Waals surface area contributed by atoms with Crippen LogP contribution in [-0.2, 0) is 0 Å². The first-order valence-corrected chi connectivity index (χ1v) is 5.43. The van der Waals surface area contributed by atoms with Crippen LogP contribution in [0.5, 0.6) is 0 Å². The molecule has 0 bridgehead atoms. The molecule has 0 aliphatic heterocycles. The molecular formula is C7H11N3S2. The molecule has 12 heavy (non-hydrogen) atoms. The Balaban J connectivity index is 2.29. The molecule has 0 radical (unpaired) electrons. The summed E-state index contributed by atoms with van der Waals surface area (Å²) in [6.45, 7) is 1.98. The number of hydrogen-bond acceptors (Lipinski definition) is 4. The first-order valence-electron chi connectivity index (χ1n) is 3.56. The summed E-state index contributed by atoms with van der Waals surface area (Å²) >= 11 is 3.30. The Bertz CT molecular complexity index is 269. The summed E-state index contributed by atoms with van der Waals surface area (Å²) in [6, 6.07) is 0. The number of aromatic nitrogens is 1. The van der Waals surface area contributed by atoms with E-state index < -0.39 is 0 Å². The van der Waals surface area contributed by atoms with E-state index in [2.05, 4.69) is 4.98 Å². The Labute approximate surface area is 79.9 Å². The van der Waals surface area contributed by atoms with Crippen molar-refractivity contribution in [2.75, 3.05) is 5.75 Å². The van der Waals surface area contributed by atoms with Gasteiger partial charge in [0.05, 0.1) is 5.84 Å². The third kappa shape index (κ3) is 3.23. The zero-order valence-electron chi connectivity index (χ0n) is 6.83. The number of thioether (sulfide) groups is 1. The summed E-state index contributed by atoms with van der Waals surface area (Å²) in [7, 11) is 0. The molecule has 0 fully saturated rings. The van der Waals surface area contributed by atoms with E-state index in [4.69, 9.17) is 11.1 Å². The molecule has 0 spiro atoms. The van der Waals surface area contributed by atoms with Crippen molar-refractivity contribution in [3.05, 3.63) is 11.1 Å². The van der Waals surface area contributed by atoms with Crippen LogP contribution in [0.4, 0.5) is 0 Å². The highest BCUT2D eigenvalue weighted by Gasteiger charge is 1.98. The van der Waals surface area contributed by atoms with Crippen molar-refractivity contribution in [1.29, 1.82) is 5.41 Å². The summed E-state index contributed by atoms with van der Waals surface area (Å²) in [4.78, 5) is 4.28. The topological polar surface area (TPSA) is 62.8 Å². The number of aryl methyl sites for hydroxylation is 1. The average Bonchev–Trinajstić information content (AvgIpc) is 2.35. The highest BCUT2D eigenvalue weighted by atomic mass is 32.2. The number of nitrogens with zero attached hydrogens (tertiary/aromatic N) is 1. The fraction of sp³-hybridized carbons (Fsp3) is 0.429. The molecule has 0 amide bonds. The molecular weight excluding hydrogens is 190 g/mol. The quantitative estimate of drug-likeness (QED) is 0.444. The maximum atomic E-state index is 7.01. The second-order valence-corrected chi connectivity index (χ2v) is 4.58. The molecule has 3 nitrogen and oxygen atoms in total. The van der Waals surface area contributed by atoms with Crippen molar-refractivity contribution in [2.24, 2.45) is 5.73 Å². The molecule has 1 aromatic rings. The number of amidine groups is 1. The third-order valence-corrected chi connectivity index (χ3v) is 3.34. The van der Waals surface area contributed by atoms with Gasteiger partial charge in [0.15, 0.2) is 0 Å². The number of nitrogens with one attached hydrogen (secondary N) is 1. The van der Waals surface area contributed by atoms with Gasteiger partial charge in [0.1, 0.15) is 4.34 Å². The number of hydrogen-bond donors (Lipinski definition) is 2. The van der Waals surface area contributed by atoms with Gasteiger partial charge in [-0.3, -0.25) is 5.41 Å². The minimum Gasteiger partial charge on any atom is -0.388 e. The normalized spacial score (nSPS) is 10.1. The Morgan fingerprint density at radius 1 is 1.83 bits per heavy atom. The largest absolute Gasteiger partial charge is 0.388 e. The molecule has 1 heterocycles. The molecule has 1 aromatic heterocycles. The second-order valence-electron chi connectivity index (χ2n) is 2.38. The van der Waals surface area contributed by atoms with Crippen molar-refractivity contribution in [1.82, 2.24) is 4.98 Å². The van der Waals surface area contributed by atoms with Crippen LogP contribution in [0.25, 0.3) is 0 Å². The highest BCUT2D eigenvalue weighted by Crippen LogP contribution is 2.22. The van der Waals surface area contributed by atoms with Crippen LogP contribution in [0.3, 0.4) is 0 Å². The van der Waals surface area contributed by atoms with Gasteiger partial charge in [-0.1, -0.05) is 11.8 Å². The molecule has 0 aromatic carbocycles. The molecule has 0 aliphatic carbocycles. The highest BCUT2D eigenvalue weighted by molar-refractivity contribution is 8.01. The fourth-order valence-corrected chi connectivity index (χ4v) is 2.54. The summed E-state index contributed by atoms with van der Waals surface area (Å²) in [5.41, 5.74) is 6.28.